The second-order valence-electron chi connectivity index (χ2n) is 1.40. The van der Waals surface area contributed by atoms with E-state index in [-0.39, 0.29) is 0 Å². The van der Waals surface area contributed by atoms with E-state index in [1.807, 2.05) is 6.07 Å². The Balaban J connectivity index is 3.13. The highest BCUT2D eigenvalue weighted by atomic mass is 127. The molecule has 0 aliphatic rings. The van der Waals surface area contributed by atoms with Crippen LogP contribution in [0.15, 0.2) is 18.5 Å². The van der Waals surface area contributed by atoms with E-state index >= 15 is 0 Å². The van der Waals surface area contributed by atoms with Crippen molar-refractivity contribution in [3.05, 3.63) is 22.0 Å². The van der Waals surface area contributed by atoms with Crippen molar-refractivity contribution in [2.75, 3.05) is 5.73 Å². The highest BCUT2D eigenvalue weighted by molar-refractivity contribution is 14.1. The minimum absolute atomic E-state index is 0.744. The van der Waals surface area contributed by atoms with Gasteiger partial charge in [0, 0.05) is 9.77 Å². The predicted molar refractivity (Wildman–Crippen MR) is 41.4 cm³/mol. The van der Waals surface area contributed by atoms with Crippen LogP contribution in [0.3, 0.4) is 0 Å². The van der Waals surface area contributed by atoms with Crippen molar-refractivity contribution >= 4 is 28.3 Å². The normalized spacial score (nSPS) is 9.12. The fourth-order valence-corrected chi connectivity index (χ4v) is 0.690. The molecule has 0 aliphatic heterocycles. The molecule has 2 nitrogen and oxygen atoms in total. The summed E-state index contributed by atoms with van der Waals surface area (Å²) >= 11 is 2.16. The lowest BCUT2D eigenvalue weighted by atomic mass is 10.4. The number of hydrogen-bond acceptors (Lipinski definition) is 2. The molecule has 0 saturated heterocycles. The largest absolute Gasteiger partial charge is 0.397 e. The summed E-state index contributed by atoms with van der Waals surface area (Å²) in [5.41, 5.74) is 6.19. The fourth-order valence-electron chi connectivity index (χ4n) is 0.390. The maximum atomic E-state index is 5.45. The standard InChI is InChI=1S/C5H5IN2/c6-4-1-2-8-3-5(4)7/h1-3H,7H2. The van der Waals surface area contributed by atoms with Gasteiger partial charge in [0.25, 0.3) is 0 Å². The number of nitrogen functional groups attached to an aromatic ring is 1. The van der Waals surface area contributed by atoms with E-state index in [4.69, 9.17) is 5.73 Å². The summed E-state index contributed by atoms with van der Waals surface area (Å²) < 4.78 is 1.05. The Labute approximate surface area is 61.3 Å². The zero-order valence-corrected chi connectivity index (χ0v) is 6.29. The quantitative estimate of drug-likeness (QED) is 0.668. The number of halogens is 1. The SMILES string of the molecule is Nc1cnccc1I. The van der Waals surface area contributed by atoms with E-state index in [0.717, 1.165) is 9.26 Å². The lowest BCUT2D eigenvalue weighted by molar-refractivity contribution is 1.32. The van der Waals surface area contributed by atoms with E-state index in [9.17, 15) is 0 Å². The van der Waals surface area contributed by atoms with Gasteiger partial charge in [0.1, 0.15) is 0 Å². The van der Waals surface area contributed by atoms with Crippen LogP contribution < -0.4 is 5.73 Å². The van der Waals surface area contributed by atoms with Crippen molar-refractivity contribution in [1.82, 2.24) is 4.98 Å². The zero-order chi connectivity index (χ0) is 5.98. The second kappa shape index (κ2) is 2.30. The maximum Gasteiger partial charge on any atom is 0.0636 e. The van der Waals surface area contributed by atoms with E-state index in [2.05, 4.69) is 27.6 Å². The van der Waals surface area contributed by atoms with E-state index in [1.54, 1.807) is 12.4 Å². The molecule has 0 spiro atoms. The summed E-state index contributed by atoms with van der Waals surface area (Å²) in [6, 6.07) is 1.87. The molecule has 0 fully saturated rings. The molecule has 2 N–H and O–H groups in total. The molecule has 0 amide bonds. The molecule has 0 saturated carbocycles. The van der Waals surface area contributed by atoms with Gasteiger partial charge in [-0.3, -0.25) is 4.98 Å². The van der Waals surface area contributed by atoms with Gasteiger partial charge in [0.15, 0.2) is 0 Å². The lowest BCUT2D eigenvalue weighted by Crippen LogP contribution is -1.88. The molecular weight excluding hydrogens is 215 g/mol. The average Bonchev–Trinajstić information content (AvgIpc) is 1.77. The molecule has 1 rings (SSSR count). The summed E-state index contributed by atoms with van der Waals surface area (Å²) in [5, 5.41) is 0. The number of aromatic nitrogens is 1. The monoisotopic (exact) mass is 220 g/mol. The average molecular weight is 220 g/mol. The maximum absolute atomic E-state index is 5.45. The number of nitrogens with two attached hydrogens (primary N) is 1. The minimum atomic E-state index is 0.744. The molecule has 0 atom stereocenters. The van der Waals surface area contributed by atoms with Gasteiger partial charge in [-0.25, -0.2) is 0 Å². The van der Waals surface area contributed by atoms with E-state index in [0.29, 0.717) is 0 Å². The number of pyridine rings is 1. The highest BCUT2D eigenvalue weighted by Crippen LogP contribution is 2.09. The number of rotatable bonds is 0. The van der Waals surface area contributed by atoms with Gasteiger partial charge in [-0.05, 0) is 28.7 Å². The molecule has 1 heterocycles. The van der Waals surface area contributed by atoms with Gasteiger partial charge < -0.3 is 5.73 Å². The molecular formula is C5H5IN2. The molecule has 0 aromatic carbocycles. The van der Waals surface area contributed by atoms with Crippen molar-refractivity contribution in [2.45, 2.75) is 0 Å². The van der Waals surface area contributed by atoms with E-state index < -0.39 is 0 Å². The van der Waals surface area contributed by atoms with Gasteiger partial charge in [-0.2, -0.15) is 0 Å². The second-order valence-corrected chi connectivity index (χ2v) is 2.56. The smallest absolute Gasteiger partial charge is 0.0636 e. The summed E-state index contributed by atoms with van der Waals surface area (Å²) in [7, 11) is 0. The summed E-state index contributed by atoms with van der Waals surface area (Å²) in [6.07, 6.45) is 3.36. The van der Waals surface area contributed by atoms with Crippen molar-refractivity contribution in [3.8, 4) is 0 Å². The lowest BCUT2D eigenvalue weighted by Gasteiger charge is -1.91. The first-order valence-corrected chi connectivity index (χ1v) is 3.23. The van der Waals surface area contributed by atoms with Crippen molar-refractivity contribution < 1.29 is 0 Å². The first-order valence-electron chi connectivity index (χ1n) is 2.15. The minimum Gasteiger partial charge on any atom is -0.397 e. The third-order valence-corrected chi connectivity index (χ3v) is 1.78. The Kier molecular flexibility index (Phi) is 1.67. The Bertz CT molecular complexity index is 167. The van der Waals surface area contributed by atoms with Crippen LogP contribution in [0.5, 0.6) is 0 Å². The van der Waals surface area contributed by atoms with Crippen LogP contribution >= 0.6 is 22.6 Å². The van der Waals surface area contributed by atoms with Crippen molar-refractivity contribution in [3.63, 3.8) is 0 Å². The zero-order valence-electron chi connectivity index (χ0n) is 4.13. The van der Waals surface area contributed by atoms with Gasteiger partial charge >= 0.3 is 0 Å². The highest BCUT2D eigenvalue weighted by Gasteiger charge is 1.87. The number of anilines is 1. The summed E-state index contributed by atoms with van der Waals surface area (Å²) in [4.78, 5) is 3.82. The van der Waals surface area contributed by atoms with Gasteiger partial charge in [0.2, 0.25) is 0 Å². The van der Waals surface area contributed by atoms with Gasteiger partial charge in [-0.15, -0.1) is 0 Å². The molecule has 1 aromatic heterocycles. The van der Waals surface area contributed by atoms with Crippen molar-refractivity contribution in [1.29, 1.82) is 0 Å². The number of hydrogen-bond donors (Lipinski definition) is 1. The first kappa shape index (κ1) is 5.81. The van der Waals surface area contributed by atoms with Crippen LogP contribution in [-0.2, 0) is 0 Å². The van der Waals surface area contributed by atoms with Crippen LogP contribution in [-0.4, -0.2) is 4.98 Å². The van der Waals surface area contributed by atoms with Gasteiger partial charge in [0.05, 0.1) is 11.9 Å². The van der Waals surface area contributed by atoms with Crippen LogP contribution in [0, 0.1) is 3.57 Å². The molecule has 1 aromatic rings. The molecule has 3 heteroatoms. The Morgan fingerprint density at radius 3 is 2.75 bits per heavy atom. The summed E-state index contributed by atoms with van der Waals surface area (Å²) in [6.45, 7) is 0. The molecule has 8 heavy (non-hydrogen) atoms. The first-order chi connectivity index (χ1) is 3.80. The molecule has 0 radical (unpaired) electrons. The Morgan fingerprint density at radius 2 is 2.38 bits per heavy atom. The third-order valence-electron chi connectivity index (χ3n) is 0.796. The van der Waals surface area contributed by atoms with Crippen LogP contribution in [0.2, 0.25) is 0 Å². The topological polar surface area (TPSA) is 38.9 Å². The summed E-state index contributed by atoms with van der Waals surface area (Å²) in [5.74, 6) is 0. The fraction of sp³-hybridized carbons (Fsp3) is 0. The molecule has 0 bridgehead atoms. The Morgan fingerprint density at radius 1 is 1.62 bits per heavy atom. The molecule has 42 valence electrons. The van der Waals surface area contributed by atoms with Gasteiger partial charge in [-0.1, -0.05) is 0 Å². The number of nitrogens with zero attached hydrogens (tertiary/aromatic N) is 1. The predicted octanol–water partition coefficient (Wildman–Crippen LogP) is 1.27. The van der Waals surface area contributed by atoms with Crippen LogP contribution in [0.1, 0.15) is 0 Å². The Hall–Kier alpha value is -0.320. The van der Waals surface area contributed by atoms with Crippen LogP contribution in [0.4, 0.5) is 5.69 Å². The van der Waals surface area contributed by atoms with Crippen LogP contribution in [0.25, 0.3) is 0 Å². The van der Waals surface area contributed by atoms with E-state index in [1.165, 1.54) is 0 Å². The third kappa shape index (κ3) is 1.09. The molecule has 0 aliphatic carbocycles. The molecule has 0 unspecified atom stereocenters. The van der Waals surface area contributed by atoms with Crippen molar-refractivity contribution in [2.24, 2.45) is 0 Å².